The number of hydrogen-bond acceptors (Lipinski definition) is 3. The number of hydrogen-bond donors (Lipinski definition) is 1. The fraction of sp³-hybridized carbons (Fsp3) is 0.357. The summed E-state index contributed by atoms with van der Waals surface area (Å²) in [5, 5.41) is 2.54. The van der Waals surface area contributed by atoms with E-state index in [0.717, 1.165) is 4.90 Å². The molecule has 112 valence electrons. The number of halogens is 1. The first-order chi connectivity index (χ1) is 9.95. The molecular weight excluding hydrogens is 277 g/mol. The number of rotatable bonds is 4. The van der Waals surface area contributed by atoms with Gasteiger partial charge < -0.3 is 5.32 Å². The molecule has 1 N–H and O–H groups in total. The summed E-state index contributed by atoms with van der Waals surface area (Å²) in [6, 6.07) is 3.97. The van der Waals surface area contributed by atoms with Gasteiger partial charge in [-0.25, -0.2) is 9.18 Å². The minimum atomic E-state index is -0.725. The molecule has 7 heteroatoms. The van der Waals surface area contributed by atoms with E-state index >= 15 is 0 Å². The molecule has 1 aliphatic rings. The van der Waals surface area contributed by atoms with E-state index in [2.05, 4.69) is 5.32 Å². The van der Waals surface area contributed by atoms with E-state index < -0.39 is 29.7 Å². The smallest absolute Gasteiger partial charge is 0.332 e. The van der Waals surface area contributed by atoms with Gasteiger partial charge in [0, 0.05) is 12.2 Å². The zero-order valence-corrected chi connectivity index (χ0v) is 11.8. The minimum Gasteiger partial charge on any atom is -0.355 e. The van der Waals surface area contributed by atoms with Gasteiger partial charge in [-0.1, -0.05) is 0 Å². The van der Waals surface area contributed by atoms with Gasteiger partial charge in [0.25, 0.3) is 5.91 Å². The van der Waals surface area contributed by atoms with Crippen LogP contribution in [-0.2, 0) is 9.59 Å². The summed E-state index contributed by atoms with van der Waals surface area (Å²) in [4.78, 5) is 38.1. The fourth-order valence-corrected chi connectivity index (χ4v) is 2.20. The molecule has 21 heavy (non-hydrogen) atoms. The van der Waals surface area contributed by atoms with E-state index in [9.17, 15) is 18.8 Å². The quantitative estimate of drug-likeness (QED) is 0.846. The van der Waals surface area contributed by atoms with E-state index in [4.69, 9.17) is 0 Å². The van der Waals surface area contributed by atoms with Crippen LogP contribution in [0.4, 0.5) is 14.9 Å². The van der Waals surface area contributed by atoms with Gasteiger partial charge in [-0.15, -0.1) is 0 Å². The van der Waals surface area contributed by atoms with Crippen LogP contribution in [-0.4, -0.2) is 41.9 Å². The Hall–Kier alpha value is -2.44. The van der Waals surface area contributed by atoms with E-state index in [1.54, 1.807) is 13.8 Å². The van der Waals surface area contributed by atoms with Gasteiger partial charge in [-0.3, -0.25) is 19.4 Å². The van der Waals surface area contributed by atoms with Gasteiger partial charge in [0.1, 0.15) is 18.4 Å². The molecule has 2 rings (SSSR count). The minimum absolute atomic E-state index is 0.312. The van der Waals surface area contributed by atoms with Crippen molar-refractivity contribution in [3.8, 4) is 0 Å². The number of nitrogens with one attached hydrogen (secondary N) is 1. The highest BCUT2D eigenvalue weighted by Gasteiger charge is 2.43. The Morgan fingerprint density at radius 3 is 2.48 bits per heavy atom. The number of carbonyl (C=O) groups excluding carboxylic acids is 3. The molecule has 0 saturated carbocycles. The Morgan fingerprint density at radius 2 is 1.90 bits per heavy atom. The Balaban J connectivity index is 2.21. The van der Waals surface area contributed by atoms with Gasteiger partial charge in [0.2, 0.25) is 5.91 Å². The van der Waals surface area contributed by atoms with Crippen LogP contribution in [0.5, 0.6) is 0 Å². The third-order valence-corrected chi connectivity index (χ3v) is 3.23. The van der Waals surface area contributed by atoms with Crippen molar-refractivity contribution < 1.29 is 18.8 Å². The van der Waals surface area contributed by atoms with Crippen LogP contribution in [0.3, 0.4) is 0 Å². The number of nitrogens with zero attached hydrogens (tertiary/aromatic N) is 2. The first kappa shape index (κ1) is 15.0. The van der Waals surface area contributed by atoms with Gasteiger partial charge in [-0.2, -0.15) is 0 Å². The first-order valence-corrected chi connectivity index (χ1v) is 6.62. The zero-order valence-electron chi connectivity index (χ0n) is 11.8. The Labute approximate surface area is 121 Å². The molecular formula is C14H16FN3O3. The predicted octanol–water partition coefficient (Wildman–Crippen LogP) is 1.12. The molecule has 1 fully saturated rings. The average Bonchev–Trinajstić information content (AvgIpc) is 2.65. The highest BCUT2D eigenvalue weighted by Crippen LogP contribution is 2.25. The zero-order chi connectivity index (χ0) is 15.6. The number of likely N-dealkylation sites (N-methyl/N-ethyl adjacent to an activating group) is 1. The number of imide groups is 1. The molecule has 1 heterocycles. The number of urea groups is 1. The SMILES string of the molecule is CCNC(=O)CN1C(=O)C(C)N(c2ccc(F)cc2)C1=O. The maximum atomic E-state index is 12.9. The van der Waals surface area contributed by atoms with E-state index in [-0.39, 0.29) is 6.54 Å². The summed E-state index contributed by atoms with van der Waals surface area (Å²) in [5.41, 5.74) is 0.417. The molecule has 0 aliphatic carbocycles. The molecule has 1 aromatic carbocycles. The summed E-state index contributed by atoms with van der Waals surface area (Å²) in [5.74, 6) is -1.27. The standard InChI is InChI=1S/C14H16FN3O3/c1-3-16-12(19)8-17-13(20)9(2)18(14(17)21)11-6-4-10(15)5-7-11/h4-7,9H,3,8H2,1-2H3,(H,16,19). The molecule has 0 aromatic heterocycles. The molecule has 1 saturated heterocycles. The first-order valence-electron chi connectivity index (χ1n) is 6.62. The van der Waals surface area contributed by atoms with Gasteiger partial charge >= 0.3 is 6.03 Å². The van der Waals surface area contributed by atoms with Crippen LogP contribution in [0, 0.1) is 5.82 Å². The average molecular weight is 293 g/mol. The molecule has 4 amide bonds. The molecule has 0 spiro atoms. The largest absolute Gasteiger partial charge is 0.355 e. The third-order valence-electron chi connectivity index (χ3n) is 3.23. The molecule has 6 nitrogen and oxygen atoms in total. The summed E-state index contributed by atoms with van der Waals surface area (Å²) in [6.07, 6.45) is 0. The highest BCUT2D eigenvalue weighted by molar-refractivity contribution is 6.15. The van der Waals surface area contributed by atoms with Crippen molar-refractivity contribution in [2.45, 2.75) is 19.9 Å². The Kier molecular flexibility index (Phi) is 4.21. The summed E-state index contributed by atoms with van der Waals surface area (Å²) >= 11 is 0. The maximum Gasteiger partial charge on any atom is 0.332 e. The molecule has 1 atom stereocenters. The third kappa shape index (κ3) is 2.86. The summed E-state index contributed by atoms with van der Waals surface area (Å²) in [6.45, 7) is 3.43. The lowest BCUT2D eigenvalue weighted by Crippen LogP contribution is -2.41. The van der Waals surface area contributed by atoms with Crippen LogP contribution in [0.15, 0.2) is 24.3 Å². The number of benzene rings is 1. The van der Waals surface area contributed by atoms with Crippen molar-refractivity contribution >= 4 is 23.5 Å². The normalized spacial score (nSPS) is 18.3. The molecule has 0 radical (unpaired) electrons. The monoisotopic (exact) mass is 293 g/mol. The van der Waals surface area contributed by atoms with E-state index in [1.165, 1.54) is 29.2 Å². The lowest BCUT2D eigenvalue weighted by Gasteiger charge is -2.19. The molecule has 0 bridgehead atoms. The number of carbonyl (C=O) groups is 3. The van der Waals surface area contributed by atoms with Crippen molar-refractivity contribution in [2.75, 3.05) is 18.0 Å². The Morgan fingerprint density at radius 1 is 1.29 bits per heavy atom. The van der Waals surface area contributed by atoms with Crippen molar-refractivity contribution in [1.82, 2.24) is 10.2 Å². The maximum absolute atomic E-state index is 12.9. The van der Waals surface area contributed by atoms with E-state index in [0.29, 0.717) is 12.2 Å². The van der Waals surface area contributed by atoms with Crippen LogP contribution in [0.1, 0.15) is 13.8 Å². The summed E-state index contributed by atoms with van der Waals surface area (Å²) in [7, 11) is 0. The predicted molar refractivity (Wildman–Crippen MR) is 74.1 cm³/mol. The van der Waals surface area contributed by atoms with Crippen molar-refractivity contribution in [1.29, 1.82) is 0 Å². The lowest BCUT2D eigenvalue weighted by atomic mass is 10.2. The Bertz CT molecular complexity index is 573. The molecule has 1 aliphatic heterocycles. The van der Waals surface area contributed by atoms with Gasteiger partial charge in [0.15, 0.2) is 0 Å². The number of anilines is 1. The second-order valence-electron chi connectivity index (χ2n) is 4.68. The number of amides is 4. The lowest BCUT2D eigenvalue weighted by molar-refractivity contribution is -0.131. The van der Waals surface area contributed by atoms with Crippen molar-refractivity contribution in [3.05, 3.63) is 30.1 Å². The topological polar surface area (TPSA) is 69.7 Å². The van der Waals surface area contributed by atoms with Crippen molar-refractivity contribution in [2.24, 2.45) is 0 Å². The molecule has 1 unspecified atom stereocenters. The van der Waals surface area contributed by atoms with Gasteiger partial charge in [0.05, 0.1) is 0 Å². The van der Waals surface area contributed by atoms with Crippen LogP contribution in [0.2, 0.25) is 0 Å². The second-order valence-corrected chi connectivity index (χ2v) is 4.68. The second kappa shape index (κ2) is 5.90. The van der Waals surface area contributed by atoms with E-state index in [1.807, 2.05) is 0 Å². The van der Waals surface area contributed by atoms with Crippen LogP contribution < -0.4 is 10.2 Å². The molecule has 1 aromatic rings. The van der Waals surface area contributed by atoms with Crippen LogP contribution >= 0.6 is 0 Å². The summed E-state index contributed by atoms with van der Waals surface area (Å²) < 4.78 is 12.9. The highest BCUT2D eigenvalue weighted by atomic mass is 19.1. The van der Waals surface area contributed by atoms with Gasteiger partial charge in [-0.05, 0) is 38.1 Å². The van der Waals surface area contributed by atoms with Crippen LogP contribution in [0.25, 0.3) is 0 Å². The fourth-order valence-electron chi connectivity index (χ4n) is 2.20. The van der Waals surface area contributed by atoms with Crippen molar-refractivity contribution in [3.63, 3.8) is 0 Å².